The highest BCUT2D eigenvalue weighted by Gasteiger charge is 2.47. The summed E-state index contributed by atoms with van der Waals surface area (Å²) in [4.78, 5) is 17.9. The minimum Gasteiger partial charge on any atom is -0.459 e. The fraction of sp³-hybridized carbons (Fsp3) is 0.294. The number of nitrogens with zero attached hydrogens (tertiary/aromatic N) is 2. The van der Waals surface area contributed by atoms with Crippen LogP contribution >= 0.6 is 0 Å². The topological polar surface area (TPSA) is 83.9 Å². The van der Waals surface area contributed by atoms with E-state index in [0.717, 1.165) is 0 Å². The van der Waals surface area contributed by atoms with Crippen LogP contribution in [0.15, 0.2) is 46.0 Å². The Morgan fingerprint density at radius 3 is 2.96 bits per heavy atom. The number of rotatable bonds is 1. The van der Waals surface area contributed by atoms with Crippen LogP contribution in [0, 0.1) is 5.82 Å². The zero-order valence-electron chi connectivity index (χ0n) is 13.2. The quantitative estimate of drug-likeness (QED) is 0.829. The first-order chi connectivity index (χ1) is 12.0. The van der Waals surface area contributed by atoms with E-state index < -0.39 is 17.7 Å². The van der Waals surface area contributed by atoms with Crippen LogP contribution in [0.4, 0.5) is 14.5 Å². The molecule has 2 aliphatic heterocycles. The van der Waals surface area contributed by atoms with Crippen LogP contribution in [-0.2, 0) is 0 Å². The van der Waals surface area contributed by atoms with E-state index >= 15 is 4.39 Å². The Labute approximate surface area is 142 Å². The normalized spacial score (nSPS) is 25.3. The third kappa shape index (κ3) is 2.45. The van der Waals surface area contributed by atoms with Gasteiger partial charge < -0.3 is 20.4 Å². The summed E-state index contributed by atoms with van der Waals surface area (Å²) >= 11 is 0. The van der Waals surface area contributed by atoms with Gasteiger partial charge in [0.05, 0.1) is 18.4 Å². The van der Waals surface area contributed by atoms with E-state index in [9.17, 15) is 9.18 Å². The van der Waals surface area contributed by atoms with Gasteiger partial charge in [0, 0.05) is 18.7 Å². The van der Waals surface area contributed by atoms with E-state index in [-0.39, 0.29) is 42.6 Å². The maximum atomic E-state index is 15.0. The first-order valence-corrected chi connectivity index (χ1v) is 7.89. The van der Waals surface area contributed by atoms with Gasteiger partial charge in [-0.25, -0.2) is 13.8 Å². The molecule has 130 valence electrons. The standard InChI is InChI=1S/C17H16F2N4O2/c18-10-3-1-4-11-14(10)15(20)22-17(21-11)6-7-23(9-13(17)19)16(24)12-5-2-8-25-12/h1-5,8,13,21H,6-7,9H2,(H2,20,22). The molecule has 1 amide bonds. The maximum Gasteiger partial charge on any atom is 0.289 e. The second kappa shape index (κ2) is 5.58. The molecular weight excluding hydrogens is 330 g/mol. The van der Waals surface area contributed by atoms with E-state index in [2.05, 4.69) is 10.3 Å². The van der Waals surface area contributed by atoms with Crippen molar-refractivity contribution in [3.05, 3.63) is 53.7 Å². The SMILES string of the molecule is NC1=NC2(CCN(C(=O)c3ccco3)CC2F)Nc2cccc(F)c21. The number of piperidine rings is 1. The number of amidine groups is 1. The van der Waals surface area contributed by atoms with E-state index in [0.29, 0.717) is 5.69 Å². The minimum atomic E-state index is -1.50. The molecule has 2 aliphatic rings. The van der Waals surface area contributed by atoms with Crippen LogP contribution in [0.1, 0.15) is 22.5 Å². The Morgan fingerprint density at radius 2 is 2.24 bits per heavy atom. The van der Waals surface area contributed by atoms with Crippen molar-refractivity contribution in [3.63, 3.8) is 0 Å². The number of nitrogens with one attached hydrogen (secondary N) is 1. The number of alkyl halides is 1. The average Bonchev–Trinajstić information content (AvgIpc) is 3.11. The van der Waals surface area contributed by atoms with Crippen LogP contribution in [0.5, 0.6) is 0 Å². The van der Waals surface area contributed by atoms with Gasteiger partial charge in [0.25, 0.3) is 5.91 Å². The van der Waals surface area contributed by atoms with Crippen molar-refractivity contribution < 1.29 is 18.0 Å². The molecule has 8 heteroatoms. The van der Waals surface area contributed by atoms with Crippen LogP contribution in [0.2, 0.25) is 0 Å². The third-order valence-electron chi connectivity index (χ3n) is 4.62. The van der Waals surface area contributed by atoms with Gasteiger partial charge in [-0.05, 0) is 24.3 Å². The summed E-state index contributed by atoms with van der Waals surface area (Å²) in [6.07, 6.45) is 0.0947. The molecule has 3 heterocycles. The van der Waals surface area contributed by atoms with E-state index in [1.165, 1.54) is 29.4 Å². The monoisotopic (exact) mass is 346 g/mol. The number of carbonyl (C=O) groups is 1. The lowest BCUT2D eigenvalue weighted by atomic mass is 9.92. The zero-order valence-corrected chi connectivity index (χ0v) is 13.2. The summed E-state index contributed by atoms with van der Waals surface area (Å²) in [5, 5.41) is 2.98. The molecule has 0 radical (unpaired) electrons. The molecule has 2 atom stereocenters. The first kappa shape index (κ1) is 15.6. The minimum absolute atomic E-state index is 0.0414. The number of amides is 1. The number of fused-ring (bicyclic) bond motifs is 1. The van der Waals surface area contributed by atoms with Crippen molar-refractivity contribution >= 4 is 17.4 Å². The number of nitrogens with two attached hydrogens (primary N) is 1. The number of halogens is 2. The largest absolute Gasteiger partial charge is 0.459 e. The third-order valence-corrected chi connectivity index (χ3v) is 4.62. The smallest absolute Gasteiger partial charge is 0.289 e. The van der Waals surface area contributed by atoms with Gasteiger partial charge in [0.1, 0.15) is 11.7 Å². The molecule has 0 bridgehead atoms. The predicted octanol–water partition coefficient (Wildman–Crippen LogP) is 2.13. The van der Waals surface area contributed by atoms with Crippen LogP contribution in [0.3, 0.4) is 0 Å². The molecule has 3 N–H and O–H groups in total. The zero-order chi connectivity index (χ0) is 17.6. The molecule has 2 unspecified atom stereocenters. The number of hydrogen-bond donors (Lipinski definition) is 2. The summed E-state index contributed by atoms with van der Waals surface area (Å²) in [5.41, 5.74) is 5.14. The summed E-state index contributed by atoms with van der Waals surface area (Å²) in [6, 6.07) is 7.57. The lowest BCUT2D eigenvalue weighted by molar-refractivity contribution is 0.0467. The Morgan fingerprint density at radius 1 is 1.40 bits per heavy atom. The van der Waals surface area contributed by atoms with E-state index in [4.69, 9.17) is 10.2 Å². The summed E-state index contributed by atoms with van der Waals surface area (Å²) < 4.78 is 34.0. The second-order valence-corrected chi connectivity index (χ2v) is 6.15. The molecule has 0 saturated carbocycles. The Hall–Kier alpha value is -2.90. The van der Waals surface area contributed by atoms with Crippen molar-refractivity contribution in [2.45, 2.75) is 18.3 Å². The number of carbonyl (C=O) groups excluding carboxylic acids is 1. The molecule has 2 aromatic rings. The van der Waals surface area contributed by atoms with Gasteiger partial charge in [0.2, 0.25) is 0 Å². The molecular formula is C17H16F2N4O2. The predicted molar refractivity (Wildman–Crippen MR) is 87.6 cm³/mol. The van der Waals surface area contributed by atoms with Crippen molar-refractivity contribution in [1.82, 2.24) is 4.90 Å². The fourth-order valence-corrected chi connectivity index (χ4v) is 3.33. The highest BCUT2D eigenvalue weighted by Crippen LogP contribution is 2.36. The van der Waals surface area contributed by atoms with Gasteiger partial charge in [0.15, 0.2) is 17.6 Å². The number of anilines is 1. The summed E-state index contributed by atoms with van der Waals surface area (Å²) in [7, 11) is 0. The number of likely N-dealkylation sites (tertiary alicyclic amines) is 1. The average molecular weight is 346 g/mol. The Balaban J connectivity index is 1.60. The maximum absolute atomic E-state index is 15.0. The number of benzene rings is 1. The highest BCUT2D eigenvalue weighted by atomic mass is 19.1. The lowest BCUT2D eigenvalue weighted by Crippen LogP contribution is -2.59. The molecule has 6 nitrogen and oxygen atoms in total. The van der Waals surface area contributed by atoms with Gasteiger partial charge >= 0.3 is 0 Å². The molecule has 1 fully saturated rings. The Bertz CT molecular complexity index is 852. The van der Waals surface area contributed by atoms with Crippen molar-refractivity contribution in [2.75, 3.05) is 18.4 Å². The number of hydrogen-bond acceptors (Lipinski definition) is 5. The number of furan rings is 1. The molecule has 25 heavy (non-hydrogen) atoms. The van der Waals surface area contributed by atoms with Gasteiger partial charge in [-0.15, -0.1) is 0 Å². The van der Waals surface area contributed by atoms with E-state index in [1.807, 2.05) is 0 Å². The first-order valence-electron chi connectivity index (χ1n) is 7.89. The molecule has 4 rings (SSSR count). The fourth-order valence-electron chi connectivity index (χ4n) is 3.33. The van der Waals surface area contributed by atoms with Crippen molar-refractivity contribution in [1.29, 1.82) is 0 Å². The van der Waals surface area contributed by atoms with Crippen LogP contribution in [-0.4, -0.2) is 41.6 Å². The molecule has 1 saturated heterocycles. The van der Waals surface area contributed by atoms with Crippen molar-refractivity contribution in [2.24, 2.45) is 10.7 Å². The Kier molecular flexibility index (Phi) is 3.48. The summed E-state index contributed by atoms with van der Waals surface area (Å²) in [5.74, 6) is -0.765. The van der Waals surface area contributed by atoms with Gasteiger partial charge in [-0.2, -0.15) is 0 Å². The lowest BCUT2D eigenvalue weighted by Gasteiger charge is -2.44. The van der Waals surface area contributed by atoms with Crippen LogP contribution in [0.25, 0.3) is 0 Å². The molecule has 1 spiro atoms. The highest BCUT2D eigenvalue weighted by molar-refractivity contribution is 6.04. The molecule has 0 aliphatic carbocycles. The van der Waals surface area contributed by atoms with Crippen LogP contribution < -0.4 is 11.1 Å². The molecule has 1 aromatic heterocycles. The summed E-state index contributed by atoms with van der Waals surface area (Å²) in [6.45, 7) is 0.113. The number of aliphatic imine (C=N–C) groups is 1. The second-order valence-electron chi connectivity index (χ2n) is 6.15. The van der Waals surface area contributed by atoms with Gasteiger partial charge in [-0.1, -0.05) is 6.07 Å². The van der Waals surface area contributed by atoms with Crippen molar-refractivity contribution in [3.8, 4) is 0 Å². The molecule has 1 aromatic carbocycles. The van der Waals surface area contributed by atoms with E-state index in [1.54, 1.807) is 12.1 Å². The van der Waals surface area contributed by atoms with Gasteiger partial charge in [-0.3, -0.25) is 4.79 Å².